The molecule has 2 nitrogen and oxygen atoms in total. The van der Waals surface area contributed by atoms with Gasteiger partial charge in [0.15, 0.2) is 0 Å². The van der Waals surface area contributed by atoms with E-state index in [2.05, 4.69) is 53.4 Å². The monoisotopic (exact) mass is 315 g/mol. The first-order chi connectivity index (χ1) is 11.8. The van der Waals surface area contributed by atoms with Crippen LogP contribution in [0.3, 0.4) is 0 Å². The van der Waals surface area contributed by atoms with E-state index in [-0.39, 0.29) is 5.91 Å². The third-order valence-electron chi connectivity index (χ3n) is 5.82. The molecule has 3 aromatic rings. The highest BCUT2D eigenvalue weighted by atomic mass is 16.2. The van der Waals surface area contributed by atoms with Gasteiger partial charge in [-0.2, -0.15) is 0 Å². The van der Waals surface area contributed by atoms with Crippen LogP contribution in [-0.2, 0) is 6.54 Å². The van der Waals surface area contributed by atoms with Gasteiger partial charge in [-0.1, -0.05) is 55.7 Å². The van der Waals surface area contributed by atoms with Crippen LogP contribution >= 0.6 is 0 Å². The third-order valence-corrected chi connectivity index (χ3v) is 5.82. The molecule has 5 rings (SSSR count). The molecule has 2 heteroatoms. The Bertz CT molecular complexity index is 953. The first-order valence-electron chi connectivity index (χ1n) is 9.06. The lowest BCUT2D eigenvalue weighted by atomic mass is 9.94. The van der Waals surface area contributed by atoms with E-state index in [1.54, 1.807) is 0 Å². The van der Waals surface area contributed by atoms with E-state index in [0.717, 1.165) is 12.1 Å². The lowest BCUT2D eigenvalue weighted by Crippen LogP contribution is -2.36. The molecule has 2 aliphatic rings. The quantitative estimate of drug-likeness (QED) is 0.559. The summed E-state index contributed by atoms with van der Waals surface area (Å²) < 4.78 is 0. The number of fused-ring (bicyclic) bond motifs is 4. The van der Waals surface area contributed by atoms with E-state index in [1.165, 1.54) is 59.2 Å². The fourth-order valence-electron chi connectivity index (χ4n) is 4.53. The average Bonchev–Trinajstić information content (AvgIpc) is 2.97. The van der Waals surface area contributed by atoms with Crippen LogP contribution in [0.5, 0.6) is 0 Å². The Morgan fingerprint density at radius 1 is 0.833 bits per heavy atom. The van der Waals surface area contributed by atoms with E-state index >= 15 is 0 Å². The maximum Gasteiger partial charge on any atom is 0.254 e. The molecule has 0 atom stereocenters. The molecule has 3 aromatic carbocycles. The van der Waals surface area contributed by atoms with Gasteiger partial charge >= 0.3 is 0 Å². The SMILES string of the molecule is O=C1c2cc3c(ccc4ccccc43)cc2CN1C1CCCCC1. The van der Waals surface area contributed by atoms with Crippen LogP contribution < -0.4 is 0 Å². The molecule has 1 saturated carbocycles. The zero-order valence-electron chi connectivity index (χ0n) is 13.8. The largest absolute Gasteiger partial charge is 0.331 e. The average molecular weight is 315 g/mol. The van der Waals surface area contributed by atoms with Crippen molar-refractivity contribution in [2.75, 3.05) is 0 Å². The van der Waals surface area contributed by atoms with Crippen molar-refractivity contribution in [1.29, 1.82) is 0 Å². The molecule has 1 heterocycles. The number of benzene rings is 3. The summed E-state index contributed by atoms with van der Waals surface area (Å²) >= 11 is 0. The number of hydrogen-bond donors (Lipinski definition) is 0. The second kappa shape index (κ2) is 5.34. The van der Waals surface area contributed by atoms with Gasteiger partial charge in [-0.15, -0.1) is 0 Å². The van der Waals surface area contributed by atoms with Gasteiger partial charge in [-0.05, 0) is 52.1 Å². The summed E-state index contributed by atoms with van der Waals surface area (Å²) in [7, 11) is 0. The summed E-state index contributed by atoms with van der Waals surface area (Å²) in [5.74, 6) is 0.242. The number of nitrogens with zero attached hydrogens (tertiary/aromatic N) is 1. The first-order valence-corrected chi connectivity index (χ1v) is 9.06. The number of rotatable bonds is 1. The van der Waals surface area contributed by atoms with Crippen molar-refractivity contribution in [3.63, 3.8) is 0 Å². The molecule has 0 saturated heterocycles. The topological polar surface area (TPSA) is 20.3 Å². The van der Waals surface area contributed by atoms with Crippen molar-refractivity contribution in [3.8, 4) is 0 Å². The smallest absolute Gasteiger partial charge is 0.254 e. The van der Waals surface area contributed by atoms with Gasteiger partial charge in [0.1, 0.15) is 0 Å². The summed E-state index contributed by atoms with van der Waals surface area (Å²) in [5, 5.41) is 4.91. The maximum absolute atomic E-state index is 13.0. The van der Waals surface area contributed by atoms with E-state index in [4.69, 9.17) is 0 Å². The maximum atomic E-state index is 13.0. The number of hydrogen-bond acceptors (Lipinski definition) is 1. The molecular weight excluding hydrogens is 294 g/mol. The Labute approximate surface area is 142 Å². The molecule has 0 spiro atoms. The van der Waals surface area contributed by atoms with Crippen LogP contribution in [0.2, 0.25) is 0 Å². The molecule has 1 aliphatic heterocycles. The molecule has 1 fully saturated rings. The Morgan fingerprint density at radius 2 is 1.62 bits per heavy atom. The second-order valence-electron chi connectivity index (χ2n) is 7.24. The van der Waals surface area contributed by atoms with Crippen LogP contribution in [0.25, 0.3) is 21.5 Å². The zero-order valence-corrected chi connectivity index (χ0v) is 13.8. The standard InChI is InChI=1S/C22H21NO/c24-22-21-13-20-16(11-10-15-6-4-5-9-19(15)20)12-17(21)14-23(22)18-7-2-1-3-8-18/h4-6,9-13,18H,1-3,7-8,14H2. The number of carbonyl (C=O) groups excluding carboxylic acids is 1. The molecule has 0 N–H and O–H groups in total. The lowest BCUT2D eigenvalue weighted by Gasteiger charge is -2.30. The Morgan fingerprint density at radius 3 is 2.50 bits per heavy atom. The summed E-state index contributed by atoms with van der Waals surface area (Å²) in [6.45, 7) is 0.793. The van der Waals surface area contributed by atoms with Crippen LogP contribution in [0.1, 0.15) is 48.0 Å². The van der Waals surface area contributed by atoms with Gasteiger partial charge in [0.2, 0.25) is 0 Å². The number of amides is 1. The van der Waals surface area contributed by atoms with Crippen LogP contribution in [-0.4, -0.2) is 16.8 Å². The fraction of sp³-hybridized carbons (Fsp3) is 0.318. The molecular formula is C22H21NO. The highest BCUT2D eigenvalue weighted by Crippen LogP contribution is 2.35. The molecule has 120 valence electrons. The summed E-state index contributed by atoms with van der Waals surface area (Å²) in [6.07, 6.45) is 6.18. The molecule has 0 aromatic heterocycles. The van der Waals surface area contributed by atoms with Crippen molar-refractivity contribution in [1.82, 2.24) is 4.90 Å². The second-order valence-corrected chi connectivity index (χ2v) is 7.24. The Kier molecular flexibility index (Phi) is 3.12. The van der Waals surface area contributed by atoms with Gasteiger partial charge in [-0.25, -0.2) is 0 Å². The van der Waals surface area contributed by atoms with Gasteiger partial charge < -0.3 is 4.90 Å². The lowest BCUT2D eigenvalue weighted by molar-refractivity contribution is 0.0660. The highest BCUT2D eigenvalue weighted by Gasteiger charge is 2.33. The molecule has 1 amide bonds. The van der Waals surface area contributed by atoms with E-state index < -0.39 is 0 Å². The highest BCUT2D eigenvalue weighted by molar-refractivity contribution is 6.11. The minimum atomic E-state index is 0.242. The Balaban J connectivity index is 1.63. The van der Waals surface area contributed by atoms with Gasteiger partial charge in [0.25, 0.3) is 5.91 Å². The van der Waals surface area contributed by atoms with Crippen molar-refractivity contribution in [3.05, 3.63) is 59.7 Å². The van der Waals surface area contributed by atoms with E-state index in [9.17, 15) is 4.79 Å². The fourth-order valence-corrected chi connectivity index (χ4v) is 4.53. The molecule has 0 radical (unpaired) electrons. The molecule has 1 aliphatic carbocycles. The van der Waals surface area contributed by atoms with Crippen LogP contribution in [0.15, 0.2) is 48.5 Å². The van der Waals surface area contributed by atoms with Gasteiger partial charge in [0.05, 0.1) is 0 Å². The van der Waals surface area contributed by atoms with E-state index in [1.807, 2.05) is 0 Å². The van der Waals surface area contributed by atoms with Gasteiger partial charge in [-0.3, -0.25) is 4.79 Å². The Hall–Kier alpha value is -2.35. The summed E-state index contributed by atoms with van der Waals surface area (Å²) in [4.78, 5) is 15.1. The minimum absolute atomic E-state index is 0.242. The third kappa shape index (κ3) is 2.06. The van der Waals surface area contributed by atoms with Crippen LogP contribution in [0, 0.1) is 0 Å². The predicted molar refractivity (Wildman–Crippen MR) is 98.2 cm³/mol. The normalized spacial score (nSPS) is 18.5. The van der Waals surface area contributed by atoms with Crippen molar-refractivity contribution in [2.45, 2.75) is 44.7 Å². The number of carbonyl (C=O) groups is 1. The minimum Gasteiger partial charge on any atom is -0.331 e. The predicted octanol–water partition coefficient (Wildman–Crippen LogP) is 5.28. The summed E-state index contributed by atoms with van der Waals surface area (Å²) in [5.41, 5.74) is 2.12. The van der Waals surface area contributed by atoms with E-state index in [0.29, 0.717) is 6.04 Å². The van der Waals surface area contributed by atoms with Crippen molar-refractivity contribution < 1.29 is 4.79 Å². The van der Waals surface area contributed by atoms with Crippen LogP contribution in [0.4, 0.5) is 0 Å². The molecule has 24 heavy (non-hydrogen) atoms. The van der Waals surface area contributed by atoms with Gasteiger partial charge in [0, 0.05) is 18.2 Å². The summed E-state index contributed by atoms with van der Waals surface area (Å²) in [6, 6.07) is 17.6. The van der Waals surface area contributed by atoms with Crippen molar-refractivity contribution >= 4 is 27.5 Å². The zero-order chi connectivity index (χ0) is 16.1. The molecule has 0 unspecified atom stereocenters. The van der Waals surface area contributed by atoms with Crippen molar-refractivity contribution in [2.24, 2.45) is 0 Å². The molecule has 0 bridgehead atoms. The first kappa shape index (κ1) is 14.0.